The van der Waals surface area contributed by atoms with Crippen molar-refractivity contribution in [2.75, 3.05) is 0 Å². The van der Waals surface area contributed by atoms with Gasteiger partial charge in [-0.1, -0.05) is 25.1 Å². The maximum Gasteiger partial charge on any atom is 0.137 e. The second kappa shape index (κ2) is 4.47. The summed E-state index contributed by atoms with van der Waals surface area (Å²) in [6.07, 6.45) is 2.85. The Morgan fingerprint density at radius 2 is 2.19 bits per heavy atom. The molecule has 0 fully saturated rings. The Morgan fingerprint density at radius 3 is 2.81 bits per heavy atom. The highest BCUT2D eigenvalue weighted by atomic mass is 16.5. The molecule has 0 aliphatic carbocycles. The third-order valence-corrected chi connectivity index (χ3v) is 2.92. The molecule has 0 saturated heterocycles. The predicted molar refractivity (Wildman–Crippen MR) is 63.2 cm³/mol. The zero-order valence-electron chi connectivity index (χ0n) is 9.90. The van der Waals surface area contributed by atoms with Gasteiger partial charge in [0.25, 0.3) is 0 Å². The van der Waals surface area contributed by atoms with Gasteiger partial charge in [0.2, 0.25) is 0 Å². The molecule has 3 nitrogen and oxygen atoms in total. The van der Waals surface area contributed by atoms with Crippen molar-refractivity contribution >= 4 is 0 Å². The molecule has 0 aliphatic rings. The maximum absolute atomic E-state index is 5.28. The van der Waals surface area contributed by atoms with Crippen molar-refractivity contribution in [3.8, 4) is 11.4 Å². The van der Waals surface area contributed by atoms with Gasteiger partial charge in [-0.15, -0.1) is 0 Å². The largest absolute Gasteiger partial charge is 0.361 e. The Balaban J connectivity index is 2.50. The van der Waals surface area contributed by atoms with E-state index >= 15 is 0 Å². The lowest BCUT2D eigenvalue weighted by molar-refractivity contribution is 0.397. The zero-order chi connectivity index (χ0) is 11.5. The summed E-state index contributed by atoms with van der Waals surface area (Å²) in [6.45, 7) is 6.31. The van der Waals surface area contributed by atoms with E-state index in [1.807, 2.05) is 25.1 Å². The first-order valence-corrected chi connectivity index (χ1v) is 5.61. The average molecular weight is 216 g/mol. The molecule has 2 heterocycles. The molecule has 0 spiro atoms. The normalized spacial score (nSPS) is 12.7. The number of nitrogens with zero attached hydrogens (tertiary/aromatic N) is 2. The zero-order valence-corrected chi connectivity index (χ0v) is 9.90. The van der Waals surface area contributed by atoms with Gasteiger partial charge in [0.05, 0.1) is 5.69 Å². The minimum Gasteiger partial charge on any atom is -0.361 e. The van der Waals surface area contributed by atoms with E-state index in [0.717, 1.165) is 23.6 Å². The van der Waals surface area contributed by atoms with Gasteiger partial charge < -0.3 is 4.52 Å². The summed E-state index contributed by atoms with van der Waals surface area (Å²) in [5.41, 5.74) is 2.95. The van der Waals surface area contributed by atoms with Crippen molar-refractivity contribution in [2.45, 2.75) is 33.1 Å². The first-order chi connectivity index (χ1) is 7.74. The van der Waals surface area contributed by atoms with Crippen LogP contribution in [-0.2, 0) is 0 Å². The topological polar surface area (TPSA) is 38.9 Å². The van der Waals surface area contributed by atoms with Crippen LogP contribution in [-0.4, -0.2) is 10.1 Å². The van der Waals surface area contributed by atoms with Crippen molar-refractivity contribution in [2.24, 2.45) is 0 Å². The third-order valence-electron chi connectivity index (χ3n) is 2.92. The second-order valence-corrected chi connectivity index (χ2v) is 4.03. The predicted octanol–water partition coefficient (Wildman–Crippen LogP) is 3.56. The van der Waals surface area contributed by atoms with E-state index in [1.165, 1.54) is 5.56 Å². The molecule has 2 aromatic heterocycles. The average Bonchev–Trinajstić information content (AvgIpc) is 2.71. The standard InChI is InChI=1S/C13H16N2O/c1-4-9(2)12-10(3)16-15-13(12)11-7-5-6-8-14-11/h5-9H,4H2,1-3H3. The van der Waals surface area contributed by atoms with Gasteiger partial charge in [0.15, 0.2) is 0 Å². The lowest BCUT2D eigenvalue weighted by Crippen LogP contribution is -1.95. The van der Waals surface area contributed by atoms with Crippen molar-refractivity contribution in [3.63, 3.8) is 0 Å². The molecule has 0 N–H and O–H groups in total. The number of aromatic nitrogens is 2. The SMILES string of the molecule is CCC(C)c1c(-c2ccccn2)noc1C. The molecular formula is C13H16N2O. The molecule has 16 heavy (non-hydrogen) atoms. The Morgan fingerprint density at radius 1 is 1.38 bits per heavy atom. The van der Waals surface area contributed by atoms with Crippen LogP contribution in [0.15, 0.2) is 28.9 Å². The van der Waals surface area contributed by atoms with Gasteiger partial charge in [0.1, 0.15) is 11.5 Å². The molecule has 0 radical (unpaired) electrons. The second-order valence-electron chi connectivity index (χ2n) is 4.03. The maximum atomic E-state index is 5.28. The smallest absolute Gasteiger partial charge is 0.137 e. The van der Waals surface area contributed by atoms with Crippen LogP contribution in [0.4, 0.5) is 0 Å². The van der Waals surface area contributed by atoms with Crippen LogP contribution < -0.4 is 0 Å². The lowest BCUT2D eigenvalue weighted by atomic mass is 9.95. The third kappa shape index (κ3) is 1.85. The Kier molecular flexibility index (Phi) is 3.04. The van der Waals surface area contributed by atoms with Crippen LogP contribution in [0.5, 0.6) is 0 Å². The van der Waals surface area contributed by atoms with Gasteiger partial charge >= 0.3 is 0 Å². The summed E-state index contributed by atoms with van der Waals surface area (Å²) in [7, 11) is 0. The molecule has 0 saturated carbocycles. The molecule has 2 rings (SSSR count). The highest BCUT2D eigenvalue weighted by Gasteiger charge is 2.19. The van der Waals surface area contributed by atoms with Crippen molar-refractivity contribution in [3.05, 3.63) is 35.7 Å². The minimum atomic E-state index is 0.447. The molecule has 0 aromatic carbocycles. The van der Waals surface area contributed by atoms with E-state index in [4.69, 9.17) is 4.52 Å². The van der Waals surface area contributed by atoms with E-state index in [9.17, 15) is 0 Å². The van der Waals surface area contributed by atoms with Gasteiger partial charge in [-0.05, 0) is 31.4 Å². The molecule has 0 bridgehead atoms. The first-order valence-electron chi connectivity index (χ1n) is 5.61. The number of rotatable bonds is 3. The van der Waals surface area contributed by atoms with Crippen LogP contribution in [0, 0.1) is 6.92 Å². The fourth-order valence-electron chi connectivity index (χ4n) is 1.85. The Labute approximate surface area is 95.5 Å². The van der Waals surface area contributed by atoms with Crippen LogP contribution in [0.25, 0.3) is 11.4 Å². The molecular weight excluding hydrogens is 200 g/mol. The summed E-state index contributed by atoms with van der Waals surface area (Å²) in [5.74, 6) is 1.35. The summed E-state index contributed by atoms with van der Waals surface area (Å²) in [4.78, 5) is 4.32. The molecule has 0 aliphatic heterocycles. The van der Waals surface area contributed by atoms with Crippen molar-refractivity contribution in [1.82, 2.24) is 10.1 Å². The minimum absolute atomic E-state index is 0.447. The summed E-state index contributed by atoms with van der Waals surface area (Å²) in [6, 6.07) is 5.83. The van der Waals surface area contributed by atoms with E-state index < -0.39 is 0 Å². The summed E-state index contributed by atoms with van der Waals surface area (Å²) >= 11 is 0. The van der Waals surface area contributed by atoms with E-state index in [2.05, 4.69) is 24.0 Å². The molecule has 84 valence electrons. The highest BCUT2D eigenvalue weighted by molar-refractivity contribution is 5.59. The van der Waals surface area contributed by atoms with Gasteiger partial charge in [-0.2, -0.15) is 0 Å². The Bertz CT molecular complexity index is 462. The van der Waals surface area contributed by atoms with Crippen molar-refractivity contribution in [1.29, 1.82) is 0 Å². The monoisotopic (exact) mass is 216 g/mol. The summed E-state index contributed by atoms with van der Waals surface area (Å²) in [5, 5.41) is 4.12. The van der Waals surface area contributed by atoms with Crippen LogP contribution in [0.3, 0.4) is 0 Å². The Hall–Kier alpha value is -1.64. The van der Waals surface area contributed by atoms with Crippen molar-refractivity contribution < 1.29 is 4.52 Å². The van der Waals surface area contributed by atoms with E-state index in [-0.39, 0.29) is 0 Å². The fourth-order valence-corrected chi connectivity index (χ4v) is 1.85. The van der Waals surface area contributed by atoms with Gasteiger partial charge in [-0.25, -0.2) is 0 Å². The molecule has 1 unspecified atom stereocenters. The number of hydrogen-bond donors (Lipinski definition) is 0. The number of aryl methyl sites for hydroxylation is 1. The molecule has 3 heteroatoms. The van der Waals surface area contributed by atoms with Gasteiger partial charge in [0, 0.05) is 11.8 Å². The molecule has 0 amide bonds. The fraction of sp³-hybridized carbons (Fsp3) is 0.385. The lowest BCUT2D eigenvalue weighted by Gasteiger charge is -2.08. The quantitative estimate of drug-likeness (QED) is 0.787. The van der Waals surface area contributed by atoms with E-state index in [1.54, 1.807) is 6.20 Å². The first kappa shape index (κ1) is 10.9. The summed E-state index contributed by atoms with van der Waals surface area (Å²) < 4.78 is 5.28. The molecule has 2 aromatic rings. The van der Waals surface area contributed by atoms with Crippen LogP contribution in [0.2, 0.25) is 0 Å². The molecule has 1 atom stereocenters. The van der Waals surface area contributed by atoms with Crippen LogP contribution in [0.1, 0.15) is 37.5 Å². The highest BCUT2D eigenvalue weighted by Crippen LogP contribution is 2.31. The number of pyridine rings is 1. The van der Waals surface area contributed by atoms with E-state index in [0.29, 0.717) is 5.92 Å². The van der Waals surface area contributed by atoms with Crippen LogP contribution >= 0.6 is 0 Å². The number of hydrogen-bond acceptors (Lipinski definition) is 3. The van der Waals surface area contributed by atoms with Gasteiger partial charge in [-0.3, -0.25) is 4.98 Å².